The van der Waals surface area contributed by atoms with Gasteiger partial charge in [-0.1, -0.05) is 25.4 Å². The number of benzene rings is 1. The van der Waals surface area contributed by atoms with Crippen molar-refractivity contribution < 1.29 is 8.42 Å². The molecule has 0 aliphatic heterocycles. The van der Waals surface area contributed by atoms with Crippen LogP contribution in [0, 0.1) is 0 Å². The van der Waals surface area contributed by atoms with Gasteiger partial charge < -0.3 is 14.6 Å². The Balaban J connectivity index is 1.96. The number of fused-ring (bicyclic) bond motifs is 1. The van der Waals surface area contributed by atoms with Crippen LogP contribution in [0.2, 0.25) is 5.02 Å². The van der Waals surface area contributed by atoms with E-state index in [4.69, 9.17) is 11.6 Å². The van der Waals surface area contributed by atoms with Crippen molar-refractivity contribution in [3.05, 3.63) is 53.4 Å². The Kier molecular flexibility index (Phi) is 7.46. The summed E-state index contributed by atoms with van der Waals surface area (Å²) in [7, 11) is -3.55. The van der Waals surface area contributed by atoms with Crippen LogP contribution in [-0.4, -0.2) is 48.3 Å². The van der Waals surface area contributed by atoms with E-state index in [2.05, 4.69) is 29.0 Å². The number of imidazole rings is 1. The number of nitrogens with one attached hydrogen (secondary N) is 1. The van der Waals surface area contributed by atoms with Gasteiger partial charge in [-0.25, -0.2) is 13.4 Å². The van der Waals surface area contributed by atoms with Crippen molar-refractivity contribution in [3.63, 3.8) is 0 Å². The molecule has 3 rings (SSSR count). The van der Waals surface area contributed by atoms with Crippen LogP contribution >= 0.6 is 11.6 Å². The highest BCUT2D eigenvalue weighted by Gasteiger charge is 2.23. The highest BCUT2D eigenvalue weighted by atomic mass is 35.5. The number of halogens is 1. The van der Waals surface area contributed by atoms with Crippen molar-refractivity contribution in [1.29, 1.82) is 0 Å². The molecule has 2 aromatic heterocycles. The number of aromatic nitrogens is 2. The van der Waals surface area contributed by atoms with E-state index in [1.54, 1.807) is 18.2 Å². The lowest BCUT2D eigenvalue weighted by Crippen LogP contribution is -2.31. The minimum absolute atomic E-state index is 0.288. The van der Waals surface area contributed by atoms with Crippen LogP contribution in [0.1, 0.15) is 33.4 Å². The van der Waals surface area contributed by atoms with E-state index in [0.717, 1.165) is 35.8 Å². The van der Waals surface area contributed by atoms with Crippen LogP contribution in [0.25, 0.3) is 5.65 Å². The Morgan fingerprint density at radius 1 is 1.00 bits per heavy atom. The molecule has 1 N–H and O–H groups in total. The summed E-state index contributed by atoms with van der Waals surface area (Å²) in [5.74, 6) is 0. The van der Waals surface area contributed by atoms with Gasteiger partial charge in [0.1, 0.15) is 5.65 Å². The number of rotatable bonds is 10. The van der Waals surface area contributed by atoms with Crippen LogP contribution in [0.3, 0.4) is 0 Å². The molecule has 0 amide bonds. The fourth-order valence-corrected chi connectivity index (χ4v) is 5.31. The Labute approximate surface area is 189 Å². The van der Waals surface area contributed by atoms with E-state index >= 15 is 0 Å². The van der Waals surface area contributed by atoms with E-state index < -0.39 is 10.0 Å². The fraction of sp³-hybridized carbons (Fsp3) is 0.409. The van der Waals surface area contributed by atoms with Gasteiger partial charge in [-0.3, -0.25) is 0 Å². The minimum atomic E-state index is -3.55. The van der Waals surface area contributed by atoms with Crippen molar-refractivity contribution in [1.82, 2.24) is 13.7 Å². The van der Waals surface area contributed by atoms with Gasteiger partial charge in [0.05, 0.1) is 33.5 Å². The Bertz CT molecular complexity index is 1140. The first-order valence-corrected chi connectivity index (χ1v) is 12.4. The van der Waals surface area contributed by atoms with E-state index in [1.807, 2.05) is 42.8 Å². The standard InChI is InChI=1S/C22H30ClN5O2S/c1-5-26(6-2)21-11-10-19(31(29,30)28(7-3)8-4)13-20(21)24-14-18-16-27-15-17(23)9-12-22(27)25-18/h9-13,15-16,24H,5-8,14H2,1-4H3. The molecule has 9 heteroatoms. The number of pyridine rings is 1. The van der Waals surface area contributed by atoms with Gasteiger partial charge in [0, 0.05) is 38.6 Å². The molecule has 168 valence electrons. The second-order valence-corrected chi connectivity index (χ2v) is 9.51. The number of hydrogen-bond donors (Lipinski definition) is 1. The lowest BCUT2D eigenvalue weighted by atomic mass is 10.2. The molecule has 0 fully saturated rings. The molecule has 0 aliphatic carbocycles. The predicted molar refractivity (Wildman–Crippen MR) is 128 cm³/mol. The lowest BCUT2D eigenvalue weighted by molar-refractivity contribution is 0.445. The molecule has 3 aromatic rings. The molecule has 1 aromatic carbocycles. The summed E-state index contributed by atoms with van der Waals surface area (Å²) in [5.41, 5.74) is 3.38. The molecule has 0 saturated carbocycles. The SMILES string of the molecule is CCN(CC)c1ccc(S(=O)(=O)N(CC)CC)cc1NCc1cn2cc(Cl)ccc2n1. The molecule has 0 aliphatic rings. The molecule has 0 radical (unpaired) electrons. The average Bonchev–Trinajstić information content (AvgIpc) is 3.16. The van der Waals surface area contributed by atoms with Gasteiger partial charge in [-0.15, -0.1) is 0 Å². The minimum Gasteiger partial charge on any atom is -0.378 e. The summed E-state index contributed by atoms with van der Waals surface area (Å²) in [4.78, 5) is 7.09. The van der Waals surface area contributed by atoms with Crippen molar-refractivity contribution in [2.75, 3.05) is 36.4 Å². The second kappa shape index (κ2) is 9.89. The molecule has 0 bridgehead atoms. The summed E-state index contributed by atoms with van der Waals surface area (Å²) >= 11 is 6.07. The van der Waals surface area contributed by atoms with Gasteiger partial charge in [0.15, 0.2) is 0 Å². The van der Waals surface area contributed by atoms with Crippen molar-refractivity contribution in [2.45, 2.75) is 39.1 Å². The molecule has 2 heterocycles. The molecule has 31 heavy (non-hydrogen) atoms. The van der Waals surface area contributed by atoms with Gasteiger partial charge in [-0.05, 0) is 44.2 Å². The van der Waals surface area contributed by atoms with Gasteiger partial charge in [0.25, 0.3) is 0 Å². The van der Waals surface area contributed by atoms with Crippen LogP contribution in [0.15, 0.2) is 47.6 Å². The van der Waals surface area contributed by atoms with Crippen molar-refractivity contribution in [2.24, 2.45) is 0 Å². The van der Waals surface area contributed by atoms with Crippen LogP contribution in [0.5, 0.6) is 0 Å². The molecule has 0 saturated heterocycles. The van der Waals surface area contributed by atoms with Crippen LogP contribution < -0.4 is 10.2 Å². The summed E-state index contributed by atoms with van der Waals surface area (Å²) in [6.07, 6.45) is 3.73. The van der Waals surface area contributed by atoms with Gasteiger partial charge in [0.2, 0.25) is 10.0 Å². The zero-order valence-corrected chi connectivity index (χ0v) is 20.0. The van der Waals surface area contributed by atoms with Gasteiger partial charge >= 0.3 is 0 Å². The topological polar surface area (TPSA) is 70.0 Å². The summed E-state index contributed by atoms with van der Waals surface area (Å²) in [6, 6.07) is 8.98. The quantitative estimate of drug-likeness (QED) is 0.480. The maximum Gasteiger partial charge on any atom is 0.243 e. The highest BCUT2D eigenvalue weighted by Crippen LogP contribution is 2.30. The third kappa shape index (κ3) is 4.97. The first-order valence-electron chi connectivity index (χ1n) is 10.6. The summed E-state index contributed by atoms with van der Waals surface area (Å²) in [6.45, 7) is 10.8. The first-order chi connectivity index (χ1) is 14.8. The van der Waals surface area contributed by atoms with E-state index in [-0.39, 0.29) is 4.90 Å². The summed E-state index contributed by atoms with van der Waals surface area (Å²) < 4.78 is 29.4. The van der Waals surface area contributed by atoms with Crippen LogP contribution in [-0.2, 0) is 16.6 Å². The predicted octanol–water partition coefficient (Wildman–Crippen LogP) is 4.48. The fourth-order valence-electron chi connectivity index (χ4n) is 3.66. The van der Waals surface area contributed by atoms with E-state index in [0.29, 0.717) is 24.7 Å². The molecule has 0 unspecified atom stereocenters. The highest BCUT2D eigenvalue weighted by molar-refractivity contribution is 7.89. The average molecular weight is 464 g/mol. The molecule has 7 nitrogen and oxygen atoms in total. The van der Waals surface area contributed by atoms with Crippen LogP contribution in [0.4, 0.5) is 11.4 Å². The Hall–Kier alpha value is -2.29. The number of anilines is 2. The zero-order valence-electron chi connectivity index (χ0n) is 18.5. The largest absolute Gasteiger partial charge is 0.378 e. The lowest BCUT2D eigenvalue weighted by Gasteiger charge is -2.26. The van der Waals surface area contributed by atoms with Gasteiger partial charge in [-0.2, -0.15) is 4.31 Å². The third-order valence-corrected chi connectivity index (χ3v) is 7.61. The summed E-state index contributed by atoms with van der Waals surface area (Å²) in [5, 5.41) is 4.05. The van der Waals surface area contributed by atoms with Crippen molar-refractivity contribution >= 4 is 38.6 Å². The smallest absolute Gasteiger partial charge is 0.243 e. The Morgan fingerprint density at radius 2 is 1.71 bits per heavy atom. The molecule has 0 atom stereocenters. The van der Waals surface area contributed by atoms with E-state index in [1.165, 1.54) is 4.31 Å². The zero-order chi connectivity index (χ0) is 22.6. The van der Waals surface area contributed by atoms with E-state index in [9.17, 15) is 8.42 Å². The monoisotopic (exact) mass is 463 g/mol. The molecular formula is C22H30ClN5O2S. The maximum absolute atomic E-state index is 13.0. The normalized spacial score (nSPS) is 11.9. The second-order valence-electron chi connectivity index (χ2n) is 7.14. The first kappa shape index (κ1) is 23.4. The molecular weight excluding hydrogens is 434 g/mol. The third-order valence-electron chi connectivity index (χ3n) is 5.34. The number of sulfonamides is 1. The molecule has 0 spiro atoms. The Morgan fingerprint density at radius 3 is 2.35 bits per heavy atom. The maximum atomic E-state index is 13.0. The van der Waals surface area contributed by atoms with Crippen molar-refractivity contribution in [3.8, 4) is 0 Å². The number of hydrogen-bond acceptors (Lipinski definition) is 5. The number of nitrogens with zero attached hydrogens (tertiary/aromatic N) is 4.